The first-order valence-electron chi connectivity index (χ1n) is 7.37. The Hall–Kier alpha value is -0.751. The standard InChI is InChI=1S/C17H23N2PSe/c1-21-15-14-20(12-6-16-2-8-18-9-3-16)13-7-17-4-10-19-11-5-17/h2-5,8-11H,6-7,12-15H2,1H3. The van der Waals surface area contributed by atoms with E-state index in [2.05, 4.69) is 40.1 Å². The molecule has 0 aromatic carbocycles. The first kappa shape index (κ1) is 16.6. The van der Waals surface area contributed by atoms with E-state index in [9.17, 15) is 0 Å². The summed E-state index contributed by atoms with van der Waals surface area (Å²) in [5, 5.41) is 1.44. The van der Waals surface area contributed by atoms with Crippen molar-refractivity contribution in [3.63, 3.8) is 0 Å². The molecular weight excluding hydrogens is 342 g/mol. The molecule has 0 aliphatic carbocycles. The van der Waals surface area contributed by atoms with Crippen LogP contribution in [0.15, 0.2) is 49.1 Å². The Balaban J connectivity index is 1.82. The molecule has 2 aromatic heterocycles. The Labute approximate surface area is 135 Å². The Morgan fingerprint density at radius 3 is 1.71 bits per heavy atom. The molecule has 112 valence electrons. The van der Waals surface area contributed by atoms with Crippen molar-refractivity contribution in [1.29, 1.82) is 0 Å². The first-order chi connectivity index (χ1) is 10.4. The fourth-order valence-corrected chi connectivity index (χ4v) is 7.26. The number of hydrogen-bond acceptors (Lipinski definition) is 2. The zero-order valence-electron chi connectivity index (χ0n) is 12.6. The fourth-order valence-electron chi connectivity index (χ4n) is 2.23. The van der Waals surface area contributed by atoms with Crippen LogP contribution < -0.4 is 0 Å². The normalized spacial score (nSPS) is 11.0. The maximum atomic E-state index is 4.10. The molecule has 0 amide bonds. The van der Waals surface area contributed by atoms with E-state index in [-0.39, 0.29) is 7.92 Å². The van der Waals surface area contributed by atoms with E-state index in [4.69, 9.17) is 0 Å². The van der Waals surface area contributed by atoms with Crippen molar-refractivity contribution in [2.24, 2.45) is 0 Å². The zero-order chi connectivity index (χ0) is 14.8. The molecule has 4 heteroatoms. The van der Waals surface area contributed by atoms with Crippen LogP contribution >= 0.6 is 7.92 Å². The number of rotatable bonds is 9. The average molecular weight is 365 g/mol. The Morgan fingerprint density at radius 1 is 0.810 bits per heavy atom. The van der Waals surface area contributed by atoms with Crippen LogP contribution in [0.5, 0.6) is 0 Å². The van der Waals surface area contributed by atoms with E-state index in [1.54, 1.807) is 0 Å². The van der Waals surface area contributed by atoms with Gasteiger partial charge in [0.25, 0.3) is 0 Å². The van der Waals surface area contributed by atoms with Gasteiger partial charge in [-0.1, -0.05) is 0 Å². The van der Waals surface area contributed by atoms with E-state index in [1.165, 1.54) is 47.8 Å². The molecule has 0 fully saturated rings. The van der Waals surface area contributed by atoms with Gasteiger partial charge in [0.05, 0.1) is 0 Å². The first-order valence-corrected chi connectivity index (χ1v) is 12.2. The number of aromatic nitrogens is 2. The molecule has 21 heavy (non-hydrogen) atoms. The number of hydrogen-bond donors (Lipinski definition) is 0. The van der Waals surface area contributed by atoms with E-state index < -0.39 is 0 Å². The summed E-state index contributed by atoms with van der Waals surface area (Å²) >= 11 is 0.813. The van der Waals surface area contributed by atoms with Gasteiger partial charge in [0.1, 0.15) is 0 Å². The summed E-state index contributed by atoms with van der Waals surface area (Å²) in [4.78, 5) is 8.20. The molecule has 0 saturated carbocycles. The number of aryl methyl sites for hydroxylation is 2. The Morgan fingerprint density at radius 2 is 1.29 bits per heavy atom. The third kappa shape index (κ3) is 6.69. The van der Waals surface area contributed by atoms with E-state index in [0.717, 1.165) is 15.0 Å². The molecule has 2 aromatic rings. The molecule has 0 atom stereocenters. The molecule has 0 aliphatic rings. The summed E-state index contributed by atoms with van der Waals surface area (Å²) < 4.78 is 0. The topological polar surface area (TPSA) is 25.8 Å². The monoisotopic (exact) mass is 366 g/mol. The molecule has 2 nitrogen and oxygen atoms in total. The van der Waals surface area contributed by atoms with Gasteiger partial charge in [-0.25, -0.2) is 0 Å². The number of pyridine rings is 2. The summed E-state index contributed by atoms with van der Waals surface area (Å²) in [7, 11) is 0.161. The zero-order valence-corrected chi connectivity index (χ0v) is 15.2. The van der Waals surface area contributed by atoms with Gasteiger partial charge in [-0.05, 0) is 0 Å². The number of nitrogens with zero attached hydrogens (tertiary/aromatic N) is 2. The van der Waals surface area contributed by atoms with Gasteiger partial charge in [-0.3, -0.25) is 0 Å². The van der Waals surface area contributed by atoms with Gasteiger partial charge in [0, 0.05) is 0 Å². The minimum atomic E-state index is 0.161. The SMILES string of the molecule is C[Se]CCP(CCc1ccncc1)CCc1ccncc1. The van der Waals surface area contributed by atoms with Crippen LogP contribution in [0.25, 0.3) is 0 Å². The van der Waals surface area contributed by atoms with Gasteiger partial charge in [-0.15, -0.1) is 0 Å². The molecule has 0 spiro atoms. The fraction of sp³-hybridized carbons (Fsp3) is 0.412. The molecule has 0 aliphatic heterocycles. The van der Waals surface area contributed by atoms with Crippen molar-refractivity contribution in [2.45, 2.75) is 24.0 Å². The van der Waals surface area contributed by atoms with Gasteiger partial charge >= 0.3 is 135 Å². The minimum absolute atomic E-state index is 0.161. The molecule has 0 N–H and O–H groups in total. The summed E-state index contributed by atoms with van der Waals surface area (Å²) in [6.45, 7) is 0. The predicted molar refractivity (Wildman–Crippen MR) is 93.8 cm³/mol. The van der Waals surface area contributed by atoms with Crippen LogP contribution in [0, 0.1) is 0 Å². The second kappa shape index (κ2) is 10.1. The second-order valence-corrected chi connectivity index (χ2v) is 9.80. The van der Waals surface area contributed by atoms with Crippen LogP contribution in [0.2, 0.25) is 11.1 Å². The summed E-state index contributed by atoms with van der Waals surface area (Å²) in [6.07, 6.45) is 14.2. The third-order valence-electron chi connectivity index (χ3n) is 3.54. The van der Waals surface area contributed by atoms with Crippen molar-refractivity contribution in [2.75, 3.05) is 18.5 Å². The molecule has 0 radical (unpaired) electrons. The second-order valence-electron chi connectivity index (χ2n) is 5.05. The van der Waals surface area contributed by atoms with Crippen molar-refractivity contribution >= 4 is 22.9 Å². The third-order valence-corrected chi connectivity index (χ3v) is 8.08. The van der Waals surface area contributed by atoms with Crippen LogP contribution in [0.4, 0.5) is 0 Å². The van der Waals surface area contributed by atoms with Gasteiger partial charge in [0.15, 0.2) is 0 Å². The van der Waals surface area contributed by atoms with Crippen molar-refractivity contribution in [1.82, 2.24) is 9.97 Å². The quantitative estimate of drug-likeness (QED) is 0.497. The van der Waals surface area contributed by atoms with Gasteiger partial charge < -0.3 is 0 Å². The Bertz CT molecular complexity index is 449. The van der Waals surface area contributed by atoms with Crippen molar-refractivity contribution < 1.29 is 0 Å². The molecule has 2 rings (SSSR count). The van der Waals surface area contributed by atoms with Crippen LogP contribution in [0.1, 0.15) is 11.1 Å². The van der Waals surface area contributed by atoms with Crippen LogP contribution in [-0.4, -0.2) is 43.4 Å². The van der Waals surface area contributed by atoms with Crippen LogP contribution in [-0.2, 0) is 12.8 Å². The molecule has 0 unspecified atom stereocenters. The predicted octanol–water partition coefficient (Wildman–Crippen LogP) is 3.91. The van der Waals surface area contributed by atoms with Crippen molar-refractivity contribution in [3.8, 4) is 0 Å². The Kier molecular flexibility index (Phi) is 7.96. The van der Waals surface area contributed by atoms with E-state index >= 15 is 0 Å². The molecule has 2 heterocycles. The molecule has 0 saturated heterocycles. The summed E-state index contributed by atoms with van der Waals surface area (Å²) in [6, 6.07) is 8.61. The van der Waals surface area contributed by atoms with Crippen molar-refractivity contribution in [3.05, 3.63) is 60.2 Å². The summed E-state index contributed by atoms with van der Waals surface area (Å²) in [5.74, 6) is 2.35. The summed E-state index contributed by atoms with van der Waals surface area (Å²) in [5.41, 5.74) is 2.87. The molecular formula is C17H23N2PSe. The van der Waals surface area contributed by atoms with E-state index in [0.29, 0.717) is 0 Å². The average Bonchev–Trinajstić information content (AvgIpc) is 2.56. The van der Waals surface area contributed by atoms with E-state index in [1.807, 2.05) is 24.8 Å². The van der Waals surface area contributed by atoms with Gasteiger partial charge in [-0.2, -0.15) is 0 Å². The van der Waals surface area contributed by atoms with Gasteiger partial charge in [0.2, 0.25) is 0 Å². The van der Waals surface area contributed by atoms with Crippen LogP contribution in [0.3, 0.4) is 0 Å². The molecule has 0 bridgehead atoms. The maximum absolute atomic E-state index is 4.10.